The highest BCUT2D eigenvalue weighted by Crippen LogP contribution is 2.25. The largest absolute Gasteiger partial charge is 0.448 e. The van der Waals surface area contributed by atoms with Gasteiger partial charge in [0.05, 0.1) is 16.4 Å². The summed E-state index contributed by atoms with van der Waals surface area (Å²) in [6, 6.07) is 9.68. The zero-order valence-electron chi connectivity index (χ0n) is 7.95. The van der Waals surface area contributed by atoms with Gasteiger partial charge in [0.1, 0.15) is 5.76 Å². The molecule has 82 valence electrons. The Morgan fingerprint density at radius 2 is 1.94 bits per heavy atom. The van der Waals surface area contributed by atoms with Crippen LogP contribution in [0.1, 0.15) is 5.76 Å². The van der Waals surface area contributed by atoms with Crippen LogP contribution in [0, 0.1) is 3.77 Å². The molecule has 0 aliphatic rings. The van der Waals surface area contributed by atoms with Gasteiger partial charge in [-0.1, -0.05) is 12.1 Å². The third kappa shape index (κ3) is 2.95. The van der Waals surface area contributed by atoms with E-state index in [2.05, 4.69) is 59.4 Å². The summed E-state index contributed by atoms with van der Waals surface area (Å²) in [5.41, 5.74) is 0.880. The van der Waals surface area contributed by atoms with Crippen molar-refractivity contribution in [3.63, 3.8) is 0 Å². The van der Waals surface area contributed by atoms with Gasteiger partial charge in [-0.2, -0.15) is 0 Å². The fourth-order valence-electron chi connectivity index (χ4n) is 1.12. The third-order valence-corrected chi connectivity index (χ3v) is 4.65. The average Bonchev–Trinajstić information content (AvgIpc) is 2.57. The molecule has 1 aromatic heterocycles. The predicted octanol–water partition coefficient (Wildman–Crippen LogP) is 5.16. The van der Waals surface area contributed by atoms with E-state index in [1.54, 1.807) is 6.21 Å². The first kappa shape index (κ1) is 12.3. The lowest BCUT2D eigenvalue weighted by molar-refractivity contribution is 0.530. The number of para-hydroxylation sites is 1. The van der Waals surface area contributed by atoms with Crippen molar-refractivity contribution in [3.05, 3.63) is 48.8 Å². The summed E-state index contributed by atoms with van der Waals surface area (Å²) in [5.74, 6) is 0.729. The molecule has 1 heterocycles. The number of benzene rings is 1. The lowest BCUT2D eigenvalue weighted by Gasteiger charge is -1.94. The van der Waals surface area contributed by atoms with Crippen molar-refractivity contribution >= 4 is 66.4 Å². The molecule has 0 unspecified atom stereocenters. The first-order valence-electron chi connectivity index (χ1n) is 4.40. The molecule has 16 heavy (non-hydrogen) atoms. The highest BCUT2D eigenvalue weighted by Gasteiger charge is 2.03. The zero-order valence-corrected chi connectivity index (χ0v) is 13.3. The lowest BCUT2D eigenvalue weighted by atomic mass is 10.3. The normalized spacial score (nSPS) is 11.2. The zero-order chi connectivity index (χ0) is 11.5. The van der Waals surface area contributed by atoms with Crippen molar-refractivity contribution in [2.24, 2.45) is 4.99 Å². The Labute approximate surface area is 124 Å². The van der Waals surface area contributed by atoms with E-state index in [4.69, 9.17) is 4.42 Å². The Balaban J connectivity index is 2.25. The number of rotatable bonds is 2. The maximum absolute atomic E-state index is 5.45. The molecule has 0 N–H and O–H groups in total. The number of nitrogens with zero attached hydrogens (tertiary/aromatic N) is 1. The van der Waals surface area contributed by atoms with E-state index in [0.717, 1.165) is 24.2 Å². The molecular weight excluding hydrogens is 449 g/mol. The van der Waals surface area contributed by atoms with Gasteiger partial charge in [-0.25, -0.2) is 0 Å². The lowest BCUT2D eigenvalue weighted by Crippen LogP contribution is -1.74. The summed E-state index contributed by atoms with van der Waals surface area (Å²) in [6.45, 7) is 0. The molecule has 1 aromatic carbocycles. The Morgan fingerprint density at radius 1 is 1.19 bits per heavy atom. The fraction of sp³-hybridized carbons (Fsp3) is 0. The molecular formula is C11H6Br2INO. The number of aliphatic imine (C=N–C) groups is 1. The van der Waals surface area contributed by atoms with Gasteiger partial charge in [0.25, 0.3) is 0 Å². The Kier molecular flexibility index (Phi) is 4.21. The molecule has 0 fully saturated rings. The van der Waals surface area contributed by atoms with Crippen LogP contribution in [-0.4, -0.2) is 6.21 Å². The molecule has 0 aliphatic carbocycles. The molecule has 5 heteroatoms. The second kappa shape index (κ2) is 5.46. The van der Waals surface area contributed by atoms with Crippen molar-refractivity contribution in [2.45, 2.75) is 0 Å². The van der Waals surface area contributed by atoms with E-state index in [9.17, 15) is 0 Å². The predicted molar refractivity (Wildman–Crippen MR) is 80.5 cm³/mol. The van der Waals surface area contributed by atoms with Gasteiger partial charge < -0.3 is 4.42 Å². The summed E-state index contributed by atoms with van der Waals surface area (Å²) in [6.07, 6.45) is 1.70. The van der Waals surface area contributed by atoms with Gasteiger partial charge in [-0.15, -0.1) is 0 Å². The van der Waals surface area contributed by atoms with Crippen LogP contribution in [0.3, 0.4) is 0 Å². The van der Waals surface area contributed by atoms with E-state index in [1.807, 2.05) is 30.3 Å². The van der Waals surface area contributed by atoms with Crippen LogP contribution in [0.4, 0.5) is 5.69 Å². The number of halogens is 3. The molecule has 0 atom stereocenters. The molecule has 0 spiro atoms. The van der Waals surface area contributed by atoms with Crippen LogP contribution in [0.5, 0.6) is 0 Å². The molecule has 0 saturated heterocycles. The molecule has 0 saturated carbocycles. The minimum atomic E-state index is 0.729. The van der Waals surface area contributed by atoms with E-state index in [-0.39, 0.29) is 0 Å². The van der Waals surface area contributed by atoms with Crippen LogP contribution in [0.2, 0.25) is 0 Å². The summed E-state index contributed by atoms with van der Waals surface area (Å²) < 4.78 is 8.19. The van der Waals surface area contributed by atoms with E-state index < -0.39 is 0 Å². The summed E-state index contributed by atoms with van der Waals surface area (Å²) in [5, 5.41) is 0. The van der Waals surface area contributed by atoms with Gasteiger partial charge in [0.2, 0.25) is 0 Å². The maximum Gasteiger partial charge on any atom is 0.178 e. The highest BCUT2D eigenvalue weighted by atomic mass is 127. The Bertz CT molecular complexity index is 517. The van der Waals surface area contributed by atoms with Gasteiger partial charge in [-0.3, -0.25) is 4.99 Å². The molecule has 0 radical (unpaired) electrons. The summed E-state index contributed by atoms with van der Waals surface area (Å²) in [4.78, 5) is 4.34. The van der Waals surface area contributed by atoms with E-state index in [0.29, 0.717) is 0 Å². The number of hydrogen-bond donors (Lipinski definition) is 0. The monoisotopic (exact) mass is 453 g/mol. The SMILES string of the molecule is Brc1ccccc1N=Cc1cc(Br)c(I)o1. The second-order valence-corrected chi connectivity index (χ2v) is 5.67. The number of furan rings is 1. The molecule has 2 aromatic rings. The molecule has 2 rings (SSSR count). The van der Waals surface area contributed by atoms with Crippen molar-refractivity contribution in [3.8, 4) is 0 Å². The summed E-state index contributed by atoms with van der Waals surface area (Å²) >= 11 is 8.94. The smallest absolute Gasteiger partial charge is 0.178 e. The first-order valence-corrected chi connectivity index (χ1v) is 7.07. The van der Waals surface area contributed by atoms with Crippen molar-refractivity contribution in [2.75, 3.05) is 0 Å². The molecule has 0 aliphatic heterocycles. The van der Waals surface area contributed by atoms with Gasteiger partial charge in [0.15, 0.2) is 3.77 Å². The third-order valence-electron chi connectivity index (χ3n) is 1.85. The van der Waals surface area contributed by atoms with Gasteiger partial charge in [-0.05, 0) is 44.0 Å². The van der Waals surface area contributed by atoms with Crippen LogP contribution < -0.4 is 0 Å². The van der Waals surface area contributed by atoms with E-state index in [1.165, 1.54) is 0 Å². The topological polar surface area (TPSA) is 25.5 Å². The van der Waals surface area contributed by atoms with Crippen LogP contribution in [0.15, 0.2) is 48.7 Å². The quantitative estimate of drug-likeness (QED) is 0.454. The number of hydrogen-bond acceptors (Lipinski definition) is 2. The Morgan fingerprint density at radius 3 is 2.56 bits per heavy atom. The molecule has 0 amide bonds. The highest BCUT2D eigenvalue weighted by molar-refractivity contribution is 14.1. The van der Waals surface area contributed by atoms with Crippen molar-refractivity contribution in [1.29, 1.82) is 0 Å². The average molecular weight is 455 g/mol. The van der Waals surface area contributed by atoms with E-state index >= 15 is 0 Å². The van der Waals surface area contributed by atoms with Gasteiger partial charge >= 0.3 is 0 Å². The minimum Gasteiger partial charge on any atom is -0.448 e. The summed E-state index contributed by atoms with van der Waals surface area (Å²) in [7, 11) is 0. The van der Waals surface area contributed by atoms with Gasteiger partial charge in [0, 0.05) is 33.1 Å². The Hall–Kier alpha value is -0.140. The van der Waals surface area contributed by atoms with Crippen molar-refractivity contribution in [1.82, 2.24) is 0 Å². The van der Waals surface area contributed by atoms with Crippen molar-refractivity contribution < 1.29 is 4.42 Å². The standard InChI is InChI=1S/C11H6Br2INO/c12-8-3-1-2-4-10(8)15-6-7-5-9(13)11(14)16-7/h1-6H. The first-order chi connectivity index (χ1) is 7.66. The molecule has 0 bridgehead atoms. The van der Waals surface area contributed by atoms with Crippen LogP contribution in [0.25, 0.3) is 0 Å². The molecule has 2 nitrogen and oxygen atoms in total. The van der Waals surface area contributed by atoms with Crippen LogP contribution >= 0.6 is 54.5 Å². The second-order valence-electron chi connectivity index (χ2n) is 2.98. The minimum absolute atomic E-state index is 0.729. The van der Waals surface area contributed by atoms with Crippen LogP contribution in [-0.2, 0) is 0 Å². The maximum atomic E-state index is 5.45. The fourth-order valence-corrected chi connectivity index (χ4v) is 2.22.